The number of hydrogen-bond acceptors (Lipinski definition) is 2. The maximum absolute atomic E-state index is 11.7. The number of hydrogen-bond donors (Lipinski definition) is 0. The third-order valence-electron chi connectivity index (χ3n) is 2.74. The van der Waals surface area contributed by atoms with Crippen LogP contribution in [0.3, 0.4) is 0 Å². The van der Waals surface area contributed by atoms with Crippen LogP contribution in [0.25, 0.3) is 0 Å². The van der Waals surface area contributed by atoms with Crippen molar-refractivity contribution in [2.75, 3.05) is 23.9 Å². The molecule has 1 rings (SSSR count). The van der Waals surface area contributed by atoms with E-state index in [1.165, 1.54) is 0 Å². The highest BCUT2D eigenvalue weighted by molar-refractivity contribution is 7.91. The van der Waals surface area contributed by atoms with Crippen molar-refractivity contribution in [3.8, 4) is 0 Å². The molecule has 1 aromatic carbocycles. The van der Waals surface area contributed by atoms with Crippen LogP contribution in [0.15, 0.2) is 30.3 Å². The quantitative estimate of drug-likeness (QED) is 0.690. The van der Waals surface area contributed by atoms with Gasteiger partial charge in [0, 0.05) is 12.4 Å². The van der Waals surface area contributed by atoms with Crippen molar-refractivity contribution in [1.82, 2.24) is 5.32 Å². The van der Waals surface area contributed by atoms with Crippen LogP contribution in [-0.2, 0) is 9.84 Å². The molecule has 0 aliphatic heterocycles. The molecule has 101 valence electrons. The van der Waals surface area contributed by atoms with E-state index in [4.69, 9.17) is 11.6 Å². The highest BCUT2D eigenvalue weighted by Crippen LogP contribution is 2.11. The Bertz CT molecular complexity index is 434. The van der Waals surface area contributed by atoms with E-state index in [1.807, 2.05) is 37.3 Å². The minimum absolute atomic E-state index is 0.0520. The number of halogens is 1. The normalized spacial score (nSPS) is 13.2. The molecule has 3 nitrogen and oxygen atoms in total. The molecule has 1 atom stereocenters. The van der Waals surface area contributed by atoms with Crippen LogP contribution in [-0.4, -0.2) is 32.3 Å². The zero-order chi connectivity index (χ0) is 13.4. The summed E-state index contributed by atoms with van der Waals surface area (Å²) in [7, 11) is -3.04. The van der Waals surface area contributed by atoms with Gasteiger partial charge in [-0.3, -0.25) is 5.32 Å². The van der Waals surface area contributed by atoms with E-state index in [0.717, 1.165) is 12.1 Å². The second-order valence-corrected chi connectivity index (χ2v) is 6.86. The van der Waals surface area contributed by atoms with Gasteiger partial charge in [0.1, 0.15) is 0 Å². The monoisotopic (exact) mass is 288 g/mol. The average Bonchev–Trinajstić information content (AvgIpc) is 2.35. The van der Waals surface area contributed by atoms with E-state index in [9.17, 15) is 8.42 Å². The molecule has 0 aliphatic carbocycles. The molecule has 0 bridgehead atoms. The van der Waals surface area contributed by atoms with Crippen molar-refractivity contribution in [3.63, 3.8) is 0 Å². The largest absolute Gasteiger partial charge is 0.285 e. The summed E-state index contributed by atoms with van der Waals surface area (Å²) in [5, 5.41) is 4.42. The standard InChI is InChI=1S/C13H19ClNO2S/c1-2-12(11-18(16,17)9-8-14)10-15-13-6-4-3-5-7-13/h3-7,12H,2,8-11H2,1H3. The summed E-state index contributed by atoms with van der Waals surface area (Å²) in [6.45, 7) is 2.53. The van der Waals surface area contributed by atoms with Gasteiger partial charge in [0.25, 0.3) is 0 Å². The van der Waals surface area contributed by atoms with Crippen LogP contribution in [0.4, 0.5) is 5.69 Å². The number of rotatable bonds is 8. The predicted octanol–water partition coefficient (Wildman–Crippen LogP) is 2.60. The Kier molecular flexibility index (Phi) is 6.50. The van der Waals surface area contributed by atoms with E-state index < -0.39 is 9.84 Å². The van der Waals surface area contributed by atoms with Crippen LogP contribution < -0.4 is 5.32 Å². The van der Waals surface area contributed by atoms with Crippen molar-refractivity contribution in [1.29, 1.82) is 0 Å². The third kappa shape index (κ3) is 5.74. The van der Waals surface area contributed by atoms with E-state index >= 15 is 0 Å². The minimum atomic E-state index is -3.04. The van der Waals surface area contributed by atoms with Gasteiger partial charge in [-0.15, -0.1) is 11.6 Å². The van der Waals surface area contributed by atoms with Crippen molar-refractivity contribution in [2.45, 2.75) is 13.3 Å². The second-order valence-electron chi connectivity index (χ2n) is 4.25. The molecule has 1 aromatic rings. The molecular weight excluding hydrogens is 270 g/mol. The smallest absolute Gasteiger partial charge is 0.151 e. The van der Waals surface area contributed by atoms with Crippen LogP contribution in [0.5, 0.6) is 0 Å². The Balaban J connectivity index is 2.48. The Morgan fingerprint density at radius 3 is 2.50 bits per heavy atom. The molecule has 0 fully saturated rings. The summed E-state index contributed by atoms with van der Waals surface area (Å²) in [6.07, 6.45) is 0.803. The fourth-order valence-electron chi connectivity index (χ4n) is 1.63. The van der Waals surface area contributed by atoms with Crippen molar-refractivity contribution in [3.05, 3.63) is 30.3 Å². The zero-order valence-corrected chi connectivity index (χ0v) is 12.1. The Morgan fingerprint density at radius 2 is 1.94 bits per heavy atom. The maximum Gasteiger partial charge on any atom is 0.151 e. The maximum atomic E-state index is 11.7. The number of sulfone groups is 1. The van der Waals surface area contributed by atoms with Gasteiger partial charge >= 0.3 is 0 Å². The lowest BCUT2D eigenvalue weighted by atomic mass is 10.1. The number of benzene rings is 1. The molecule has 0 saturated carbocycles. The van der Waals surface area contributed by atoms with Crippen LogP contribution >= 0.6 is 11.6 Å². The van der Waals surface area contributed by atoms with Gasteiger partial charge in [0.05, 0.1) is 17.2 Å². The van der Waals surface area contributed by atoms with Gasteiger partial charge in [-0.25, -0.2) is 8.42 Å². The van der Waals surface area contributed by atoms with Crippen LogP contribution in [0.1, 0.15) is 13.3 Å². The zero-order valence-electron chi connectivity index (χ0n) is 10.5. The molecule has 0 saturated heterocycles. The van der Waals surface area contributed by atoms with Gasteiger partial charge in [-0.05, 0) is 18.1 Å². The molecule has 1 radical (unpaired) electrons. The summed E-state index contributed by atoms with van der Waals surface area (Å²) < 4.78 is 23.4. The lowest BCUT2D eigenvalue weighted by molar-refractivity contribution is 0.520. The predicted molar refractivity (Wildman–Crippen MR) is 76.3 cm³/mol. The fraction of sp³-hybridized carbons (Fsp3) is 0.538. The molecule has 0 aliphatic rings. The summed E-state index contributed by atoms with van der Waals surface area (Å²) in [5.41, 5.74) is 0.894. The van der Waals surface area contributed by atoms with Crippen LogP contribution in [0, 0.1) is 5.92 Å². The summed E-state index contributed by atoms with van der Waals surface area (Å²) in [5.74, 6) is 0.454. The minimum Gasteiger partial charge on any atom is -0.285 e. The second kappa shape index (κ2) is 7.64. The van der Waals surface area contributed by atoms with E-state index in [-0.39, 0.29) is 23.3 Å². The van der Waals surface area contributed by atoms with Crippen LogP contribution in [0.2, 0.25) is 0 Å². The number of nitrogens with zero attached hydrogens (tertiary/aromatic N) is 1. The topological polar surface area (TPSA) is 48.2 Å². The number of alkyl halides is 1. The first-order valence-electron chi connectivity index (χ1n) is 6.06. The Morgan fingerprint density at radius 1 is 1.28 bits per heavy atom. The molecule has 0 amide bonds. The highest BCUT2D eigenvalue weighted by atomic mass is 35.5. The van der Waals surface area contributed by atoms with E-state index in [2.05, 4.69) is 5.32 Å². The molecule has 0 heterocycles. The third-order valence-corrected chi connectivity index (χ3v) is 4.96. The lowest BCUT2D eigenvalue weighted by Gasteiger charge is -2.14. The average molecular weight is 289 g/mol. The SMILES string of the molecule is CCC(C[N]c1ccccc1)CS(=O)(=O)CCCl. The van der Waals surface area contributed by atoms with Gasteiger partial charge in [-0.1, -0.05) is 31.5 Å². The van der Waals surface area contributed by atoms with Gasteiger partial charge in [-0.2, -0.15) is 0 Å². The summed E-state index contributed by atoms with van der Waals surface area (Å²) >= 11 is 5.48. The molecule has 0 spiro atoms. The Labute approximate surface area is 114 Å². The highest BCUT2D eigenvalue weighted by Gasteiger charge is 2.17. The first-order chi connectivity index (χ1) is 8.57. The first-order valence-corrected chi connectivity index (χ1v) is 8.42. The van der Waals surface area contributed by atoms with Gasteiger partial charge < -0.3 is 0 Å². The van der Waals surface area contributed by atoms with Crippen molar-refractivity contribution >= 4 is 27.1 Å². The summed E-state index contributed by atoms with van der Waals surface area (Å²) in [4.78, 5) is 0. The molecular formula is C13H19ClNO2S. The molecule has 18 heavy (non-hydrogen) atoms. The number of para-hydroxylation sites is 1. The molecule has 1 unspecified atom stereocenters. The van der Waals surface area contributed by atoms with E-state index in [0.29, 0.717) is 6.54 Å². The molecule has 5 heteroatoms. The summed E-state index contributed by atoms with van der Waals surface area (Å²) in [6, 6.07) is 9.61. The Hall–Kier alpha value is -0.740. The van der Waals surface area contributed by atoms with Crippen molar-refractivity contribution in [2.24, 2.45) is 5.92 Å². The first kappa shape index (κ1) is 15.3. The van der Waals surface area contributed by atoms with E-state index in [1.54, 1.807) is 0 Å². The van der Waals surface area contributed by atoms with Gasteiger partial charge in [0.2, 0.25) is 0 Å². The molecule has 0 aromatic heterocycles. The fourth-order valence-corrected chi connectivity index (χ4v) is 3.79. The van der Waals surface area contributed by atoms with Gasteiger partial charge in [0.15, 0.2) is 9.84 Å². The van der Waals surface area contributed by atoms with Crippen molar-refractivity contribution < 1.29 is 8.42 Å². The lowest BCUT2D eigenvalue weighted by Crippen LogP contribution is -2.24. The molecule has 0 N–H and O–H groups in total.